The Morgan fingerprint density at radius 1 is 1.22 bits per heavy atom. The monoisotopic (exact) mass is 343 g/mol. The van der Waals surface area contributed by atoms with Gasteiger partial charge in [0.1, 0.15) is 11.2 Å². The molecule has 0 heterocycles. The van der Waals surface area contributed by atoms with E-state index >= 15 is 0 Å². The van der Waals surface area contributed by atoms with Crippen molar-refractivity contribution in [1.82, 2.24) is 5.32 Å². The van der Waals surface area contributed by atoms with E-state index in [2.05, 4.69) is 5.32 Å². The smallest absolute Gasteiger partial charge is 0.408 e. The lowest BCUT2D eigenvalue weighted by Crippen LogP contribution is -2.55. The number of nitrogens with one attached hydrogen (secondary N) is 1. The third-order valence-electron chi connectivity index (χ3n) is 3.29. The van der Waals surface area contributed by atoms with Crippen molar-refractivity contribution in [2.24, 2.45) is 0 Å². The van der Waals surface area contributed by atoms with Crippen molar-refractivity contribution in [3.05, 3.63) is 34.9 Å². The van der Waals surface area contributed by atoms with Gasteiger partial charge < -0.3 is 19.9 Å². The number of carbonyl (C=O) groups is 2. The lowest BCUT2D eigenvalue weighted by Gasteiger charge is -2.35. The quantitative estimate of drug-likeness (QED) is 0.857. The largest absolute Gasteiger partial charge is 0.480 e. The third kappa shape index (κ3) is 4.84. The summed E-state index contributed by atoms with van der Waals surface area (Å²) in [4.78, 5) is 23.7. The average Bonchev–Trinajstić information content (AvgIpc) is 2.42. The van der Waals surface area contributed by atoms with Gasteiger partial charge in [0.05, 0.1) is 0 Å². The van der Waals surface area contributed by atoms with Crippen molar-refractivity contribution < 1.29 is 24.2 Å². The second kappa shape index (κ2) is 7.19. The molecule has 1 rings (SSSR count). The summed E-state index contributed by atoms with van der Waals surface area (Å²) >= 11 is 6.16. The summed E-state index contributed by atoms with van der Waals surface area (Å²) < 4.78 is 10.5. The maximum atomic E-state index is 12.0. The van der Waals surface area contributed by atoms with Crippen LogP contribution in [0.2, 0.25) is 5.02 Å². The molecule has 2 atom stereocenters. The zero-order valence-corrected chi connectivity index (χ0v) is 14.6. The molecule has 1 aromatic rings. The predicted molar refractivity (Wildman–Crippen MR) is 86.6 cm³/mol. The highest BCUT2D eigenvalue weighted by molar-refractivity contribution is 6.31. The summed E-state index contributed by atoms with van der Waals surface area (Å²) in [6.07, 6.45) is -0.847. The highest BCUT2D eigenvalue weighted by Gasteiger charge is 2.44. The van der Waals surface area contributed by atoms with Crippen LogP contribution in [0.5, 0.6) is 0 Å². The van der Waals surface area contributed by atoms with E-state index in [9.17, 15) is 14.7 Å². The fourth-order valence-corrected chi connectivity index (χ4v) is 2.43. The standard InChI is InChI=1S/C16H22ClNO5/c1-15(2,3)23-14(21)18-12(13(19)20)16(4,22-5)10-8-6-7-9-11(10)17/h6-9,12H,1-5H3,(H,18,21)(H,19,20). The summed E-state index contributed by atoms with van der Waals surface area (Å²) in [5, 5.41) is 12.2. The van der Waals surface area contributed by atoms with Gasteiger partial charge >= 0.3 is 12.1 Å². The molecule has 2 N–H and O–H groups in total. The van der Waals surface area contributed by atoms with Gasteiger partial charge in [-0.05, 0) is 33.8 Å². The van der Waals surface area contributed by atoms with Gasteiger partial charge in [-0.25, -0.2) is 9.59 Å². The molecule has 23 heavy (non-hydrogen) atoms. The number of benzene rings is 1. The molecule has 1 aromatic carbocycles. The number of hydrogen-bond acceptors (Lipinski definition) is 4. The summed E-state index contributed by atoms with van der Waals surface area (Å²) in [6.45, 7) is 6.61. The first-order chi connectivity index (χ1) is 10.5. The fourth-order valence-electron chi connectivity index (χ4n) is 2.11. The number of rotatable bonds is 5. The summed E-state index contributed by atoms with van der Waals surface area (Å²) in [5.41, 5.74) is -1.67. The highest BCUT2D eigenvalue weighted by atomic mass is 35.5. The Kier molecular flexibility index (Phi) is 6.02. The van der Waals surface area contributed by atoms with Crippen molar-refractivity contribution in [3.8, 4) is 0 Å². The molecule has 0 saturated heterocycles. The lowest BCUT2D eigenvalue weighted by atomic mass is 9.87. The van der Waals surface area contributed by atoms with Gasteiger partial charge in [0.25, 0.3) is 0 Å². The highest BCUT2D eigenvalue weighted by Crippen LogP contribution is 2.34. The third-order valence-corrected chi connectivity index (χ3v) is 3.62. The number of carboxylic acid groups (broad SMARTS) is 1. The number of carboxylic acids is 1. The van der Waals surface area contributed by atoms with Crippen LogP contribution >= 0.6 is 11.6 Å². The van der Waals surface area contributed by atoms with E-state index in [4.69, 9.17) is 21.1 Å². The lowest BCUT2D eigenvalue weighted by molar-refractivity contribution is -0.149. The van der Waals surface area contributed by atoms with Crippen LogP contribution in [0.15, 0.2) is 24.3 Å². The Morgan fingerprint density at radius 2 is 1.78 bits per heavy atom. The molecule has 7 heteroatoms. The van der Waals surface area contributed by atoms with Crippen molar-refractivity contribution in [2.45, 2.75) is 44.9 Å². The van der Waals surface area contributed by atoms with Crippen LogP contribution < -0.4 is 5.32 Å². The first-order valence-electron chi connectivity index (χ1n) is 7.03. The van der Waals surface area contributed by atoms with Crippen molar-refractivity contribution in [2.75, 3.05) is 7.11 Å². The molecule has 0 radical (unpaired) electrons. The minimum Gasteiger partial charge on any atom is -0.480 e. The van der Waals surface area contributed by atoms with Crippen LogP contribution in [-0.2, 0) is 19.9 Å². The molecule has 0 aromatic heterocycles. The number of ether oxygens (including phenoxy) is 2. The van der Waals surface area contributed by atoms with E-state index in [0.29, 0.717) is 10.6 Å². The van der Waals surface area contributed by atoms with E-state index in [-0.39, 0.29) is 0 Å². The number of methoxy groups -OCH3 is 1. The molecule has 1 amide bonds. The second-order valence-electron chi connectivity index (χ2n) is 6.21. The Hall–Kier alpha value is -1.79. The molecular formula is C16H22ClNO5. The minimum atomic E-state index is -1.39. The number of carbonyl (C=O) groups excluding carboxylic acids is 1. The zero-order chi connectivity index (χ0) is 17.8. The Morgan fingerprint density at radius 3 is 2.22 bits per heavy atom. The molecule has 0 aliphatic heterocycles. The van der Waals surface area contributed by atoms with E-state index in [1.54, 1.807) is 52.0 Å². The Balaban J connectivity index is 3.18. The van der Waals surface area contributed by atoms with Gasteiger partial charge in [0, 0.05) is 17.7 Å². The van der Waals surface area contributed by atoms with E-state index < -0.39 is 29.3 Å². The Labute approximate surface area is 140 Å². The number of amides is 1. The average molecular weight is 344 g/mol. The first-order valence-corrected chi connectivity index (χ1v) is 7.41. The molecule has 0 aliphatic rings. The summed E-state index contributed by atoms with van der Waals surface area (Å²) in [5.74, 6) is -1.26. The number of hydrogen-bond donors (Lipinski definition) is 2. The second-order valence-corrected chi connectivity index (χ2v) is 6.62. The normalized spacial score (nSPS) is 15.4. The molecular weight excluding hydrogens is 322 g/mol. The van der Waals surface area contributed by atoms with Crippen LogP contribution in [-0.4, -0.2) is 35.9 Å². The van der Waals surface area contributed by atoms with E-state index in [0.717, 1.165) is 0 Å². The van der Waals surface area contributed by atoms with Gasteiger partial charge in [-0.15, -0.1) is 0 Å². The van der Waals surface area contributed by atoms with Crippen molar-refractivity contribution in [3.63, 3.8) is 0 Å². The van der Waals surface area contributed by atoms with Gasteiger partial charge in [0.15, 0.2) is 6.04 Å². The topological polar surface area (TPSA) is 84.9 Å². The van der Waals surface area contributed by atoms with Crippen LogP contribution in [0.4, 0.5) is 4.79 Å². The predicted octanol–water partition coefficient (Wildman–Crippen LogP) is 3.18. The molecule has 2 unspecified atom stereocenters. The minimum absolute atomic E-state index is 0.342. The zero-order valence-electron chi connectivity index (χ0n) is 13.8. The van der Waals surface area contributed by atoms with Crippen LogP contribution in [0.25, 0.3) is 0 Å². The molecule has 6 nitrogen and oxygen atoms in total. The first kappa shape index (κ1) is 19.3. The van der Waals surface area contributed by atoms with E-state index in [1.807, 2.05) is 0 Å². The molecule has 0 spiro atoms. The Bertz CT molecular complexity index is 584. The van der Waals surface area contributed by atoms with Crippen LogP contribution in [0, 0.1) is 0 Å². The van der Waals surface area contributed by atoms with Crippen LogP contribution in [0.3, 0.4) is 0 Å². The molecule has 128 valence electrons. The van der Waals surface area contributed by atoms with Crippen LogP contribution in [0.1, 0.15) is 33.3 Å². The van der Waals surface area contributed by atoms with Gasteiger partial charge in [-0.1, -0.05) is 29.8 Å². The van der Waals surface area contributed by atoms with Crippen molar-refractivity contribution in [1.29, 1.82) is 0 Å². The van der Waals surface area contributed by atoms with E-state index in [1.165, 1.54) is 7.11 Å². The summed E-state index contributed by atoms with van der Waals surface area (Å²) in [7, 11) is 1.36. The maximum Gasteiger partial charge on any atom is 0.408 e. The SMILES string of the molecule is COC(C)(c1ccccc1Cl)C(NC(=O)OC(C)(C)C)C(=O)O. The molecule has 0 aliphatic carbocycles. The number of aliphatic carboxylic acids is 1. The number of alkyl carbamates (subject to hydrolysis) is 1. The summed E-state index contributed by atoms with van der Waals surface area (Å²) in [6, 6.07) is 5.32. The maximum absolute atomic E-state index is 12.0. The van der Waals surface area contributed by atoms with Crippen molar-refractivity contribution >= 4 is 23.7 Å². The number of halogens is 1. The molecule has 0 fully saturated rings. The fraction of sp³-hybridized carbons (Fsp3) is 0.500. The van der Waals surface area contributed by atoms with Gasteiger partial charge in [0.2, 0.25) is 0 Å². The van der Waals surface area contributed by atoms with Gasteiger partial charge in [-0.2, -0.15) is 0 Å². The molecule has 0 bridgehead atoms. The van der Waals surface area contributed by atoms with Gasteiger partial charge in [-0.3, -0.25) is 0 Å². The molecule has 0 saturated carbocycles.